The van der Waals surface area contributed by atoms with Gasteiger partial charge in [0.15, 0.2) is 0 Å². The van der Waals surface area contributed by atoms with Gasteiger partial charge in [-0.1, -0.05) is 48.5 Å². The number of hydrogen-bond acceptors (Lipinski definition) is 1. The molecule has 0 aliphatic carbocycles. The molecule has 0 saturated heterocycles. The highest BCUT2D eigenvalue weighted by Crippen LogP contribution is 2.40. The van der Waals surface area contributed by atoms with Gasteiger partial charge in [0.25, 0.3) is 0 Å². The van der Waals surface area contributed by atoms with E-state index in [4.69, 9.17) is 0 Å². The van der Waals surface area contributed by atoms with Crippen molar-refractivity contribution in [2.24, 2.45) is 0 Å². The Morgan fingerprint density at radius 2 is 1.29 bits per heavy atom. The van der Waals surface area contributed by atoms with E-state index in [1.54, 1.807) is 30.3 Å². The highest BCUT2D eigenvalue weighted by Gasteiger charge is 2.33. The quantitative estimate of drug-likeness (QED) is 0.650. The monoisotopic (exact) mass is 288 g/mol. The second-order valence-corrected chi connectivity index (χ2v) is 4.72. The molecule has 3 aromatic rings. The largest absolute Gasteiger partial charge is 0.507 e. The van der Waals surface area contributed by atoms with E-state index in [2.05, 4.69) is 0 Å². The topological polar surface area (TPSA) is 20.2 Å². The van der Waals surface area contributed by atoms with Gasteiger partial charge in [-0.2, -0.15) is 13.2 Å². The van der Waals surface area contributed by atoms with Crippen molar-refractivity contribution in [1.82, 2.24) is 0 Å². The fourth-order valence-electron chi connectivity index (χ4n) is 2.48. The lowest BCUT2D eigenvalue weighted by atomic mass is 9.94. The third kappa shape index (κ3) is 2.33. The fourth-order valence-corrected chi connectivity index (χ4v) is 2.48. The zero-order chi connectivity index (χ0) is 15.0. The van der Waals surface area contributed by atoms with Gasteiger partial charge in [-0.05, 0) is 28.6 Å². The number of aromatic hydroxyl groups is 1. The molecule has 0 aliphatic heterocycles. The summed E-state index contributed by atoms with van der Waals surface area (Å²) in [5, 5.41) is 11.0. The van der Waals surface area contributed by atoms with E-state index in [1.807, 2.05) is 0 Å². The maximum Gasteiger partial charge on any atom is 0.417 e. The van der Waals surface area contributed by atoms with E-state index in [-0.39, 0.29) is 11.3 Å². The van der Waals surface area contributed by atoms with Crippen molar-refractivity contribution >= 4 is 10.8 Å². The number of phenolic OH excluding ortho intramolecular Hbond substituents is 1. The van der Waals surface area contributed by atoms with Gasteiger partial charge >= 0.3 is 6.18 Å². The average molecular weight is 288 g/mol. The lowest BCUT2D eigenvalue weighted by Crippen LogP contribution is -2.06. The molecule has 3 rings (SSSR count). The molecule has 0 spiro atoms. The molecule has 0 aromatic heterocycles. The minimum Gasteiger partial charge on any atom is -0.507 e. The van der Waals surface area contributed by atoms with Gasteiger partial charge in [-0.25, -0.2) is 0 Å². The molecule has 0 unspecified atom stereocenters. The number of rotatable bonds is 1. The Morgan fingerprint density at radius 1 is 0.667 bits per heavy atom. The van der Waals surface area contributed by atoms with Crippen molar-refractivity contribution < 1.29 is 18.3 Å². The first kappa shape index (κ1) is 13.5. The average Bonchev–Trinajstić information content (AvgIpc) is 2.47. The van der Waals surface area contributed by atoms with E-state index in [0.29, 0.717) is 16.3 Å². The number of halogens is 3. The highest BCUT2D eigenvalue weighted by molar-refractivity contribution is 6.00. The molecule has 106 valence electrons. The maximum atomic E-state index is 13.2. The molecule has 0 amide bonds. The first-order chi connectivity index (χ1) is 9.98. The van der Waals surface area contributed by atoms with Crippen molar-refractivity contribution in [3.05, 3.63) is 66.2 Å². The predicted molar refractivity (Wildman–Crippen MR) is 76.1 cm³/mol. The normalized spacial score (nSPS) is 11.8. The van der Waals surface area contributed by atoms with Crippen molar-refractivity contribution in [3.63, 3.8) is 0 Å². The molecule has 0 bridgehead atoms. The van der Waals surface area contributed by atoms with Crippen LogP contribution in [0.2, 0.25) is 0 Å². The van der Waals surface area contributed by atoms with Crippen LogP contribution in [0, 0.1) is 0 Å². The van der Waals surface area contributed by atoms with Crippen LogP contribution in [0.5, 0.6) is 5.75 Å². The SMILES string of the molecule is Oc1ccc(-c2ccccc2C(F)(F)F)c2ccccc12. The number of benzene rings is 3. The van der Waals surface area contributed by atoms with Crippen molar-refractivity contribution in [2.45, 2.75) is 6.18 Å². The first-order valence-corrected chi connectivity index (χ1v) is 6.36. The Hall–Kier alpha value is -2.49. The smallest absolute Gasteiger partial charge is 0.417 e. The summed E-state index contributed by atoms with van der Waals surface area (Å²) in [6.45, 7) is 0. The van der Waals surface area contributed by atoms with Crippen LogP contribution in [-0.2, 0) is 6.18 Å². The highest BCUT2D eigenvalue weighted by atomic mass is 19.4. The molecule has 1 N–H and O–H groups in total. The zero-order valence-electron chi connectivity index (χ0n) is 10.9. The van der Waals surface area contributed by atoms with Crippen LogP contribution < -0.4 is 0 Å². The lowest BCUT2D eigenvalue weighted by molar-refractivity contribution is -0.137. The summed E-state index contributed by atoms with van der Waals surface area (Å²) in [4.78, 5) is 0. The molecule has 0 fully saturated rings. The van der Waals surface area contributed by atoms with Crippen LogP contribution in [0.4, 0.5) is 13.2 Å². The molecule has 0 radical (unpaired) electrons. The molecular weight excluding hydrogens is 277 g/mol. The summed E-state index contributed by atoms with van der Waals surface area (Å²) in [5.74, 6) is 0.0545. The summed E-state index contributed by atoms with van der Waals surface area (Å²) in [7, 11) is 0. The van der Waals surface area contributed by atoms with Crippen LogP contribution in [-0.4, -0.2) is 5.11 Å². The second-order valence-electron chi connectivity index (χ2n) is 4.72. The Kier molecular flexibility index (Phi) is 3.09. The summed E-state index contributed by atoms with van der Waals surface area (Å²) < 4.78 is 39.5. The number of fused-ring (bicyclic) bond motifs is 1. The van der Waals surface area contributed by atoms with Gasteiger partial charge in [0.2, 0.25) is 0 Å². The molecule has 1 nitrogen and oxygen atoms in total. The number of alkyl halides is 3. The van der Waals surface area contributed by atoms with Crippen molar-refractivity contribution in [1.29, 1.82) is 0 Å². The van der Waals surface area contributed by atoms with Crippen LogP contribution in [0.3, 0.4) is 0 Å². The minimum atomic E-state index is -4.42. The van der Waals surface area contributed by atoms with Crippen molar-refractivity contribution in [2.75, 3.05) is 0 Å². The summed E-state index contributed by atoms with van der Waals surface area (Å²) >= 11 is 0. The Balaban J connectivity index is 2.35. The van der Waals surface area contributed by atoms with Crippen LogP contribution in [0.15, 0.2) is 60.7 Å². The van der Waals surface area contributed by atoms with Gasteiger partial charge in [0.1, 0.15) is 5.75 Å². The van der Waals surface area contributed by atoms with Crippen LogP contribution in [0.1, 0.15) is 5.56 Å². The third-order valence-corrected chi connectivity index (χ3v) is 3.42. The third-order valence-electron chi connectivity index (χ3n) is 3.42. The molecule has 0 atom stereocenters. The molecule has 4 heteroatoms. The van der Waals surface area contributed by atoms with Gasteiger partial charge in [0, 0.05) is 5.39 Å². The van der Waals surface area contributed by atoms with Crippen molar-refractivity contribution in [3.8, 4) is 16.9 Å². The van der Waals surface area contributed by atoms with Crippen LogP contribution >= 0.6 is 0 Å². The molecule has 0 saturated carbocycles. The molecule has 3 aromatic carbocycles. The predicted octanol–water partition coefficient (Wildman–Crippen LogP) is 5.23. The van der Waals surface area contributed by atoms with Gasteiger partial charge in [0.05, 0.1) is 5.56 Å². The van der Waals surface area contributed by atoms with E-state index in [0.717, 1.165) is 6.07 Å². The Labute approximate surface area is 119 Å². The van der Waals surface area contributed by atoms with Gasteiger partial charge in [-0.15, -0.1) is 0 Å². The molecular formula is C17H11F3O. The Bertz CT molecular complexity index is 806. The molecule has 0 aliphatic rings. The number of hydrogen-bond donors (Lipinski definition) is 1. The van der Waals surface area contributed by atoms with E-state index >= 15 is 0 Å². The maximum absolute atomic E-state index is 13.2. The van der Waals surface area contributed by atoms with E-state index in [1.165, 1.54) is 24.3 Å². The standard InChI is InChI=1S/C17H11F3O/c18-17(19,20)15-8-4-3-6-13(15)12-9-10-16(21)14-7-2-1-5-11(12)14/h1-10,21H. The zero-order valence-corrected chi connectivity index (χ0v) is 10.9. The summed E-state index contributed by atoms with van der Waals surface area (Å²) in [6, 6.07) is 15.3. The lowest BCUT2D eigenvalue weighted by Gasteiger charge is -2.15. The molecule has 21 heavy (non-hydrogen) atoms. The molecule has 0 heterocycles. The first-order valence-electron chi connectivity index (χ1n) is 6.36. The summed E-state index contributed by atoms with van der Waals surface area (Å²) in [6.07, 6.45) is -4.42. The van der Waals surface area contributed by atoms with E-state index in [9.17, 15) is 18.3 Å². The minimum absolute atomic E-state index is 0.0545. The van der Waals surface area contributed by atoms with E-state index < -0.39 is 11.7 Å². The van der Waals surface area contributed by atoms with Gasteiger partial charge < -0.3 is 5.11 Å². The van der Waals surface area contributed by atoms with Gasteiger partial charge in [-0.3, -0.25) is 0 Å². The fraction of sp³-hybridized carbons (Fsp3) is 0.0588. The summed E-state index contributed by atoms with van der Waals surface area (Å²) in [5.41, 5.74) is -0.113. The van der Waals surface area contributed by atoms with Crippen LogP contribution in [0.25, 0.3) is 21.9 Å². The number of phenols is 1. The second kappa shape index (κ2) is 4.81. The Morgan fingerprint density at radius 3 is 2.00 bits per heavy atom.